The van der Waals surface area contributed by atoms with Crippen molar-refractivity contribution in [1.29, 1.82) is 0 Å². The summed E-state index contributed by atoms with van der Waals surface area (Å²) in [5.41, 5.74) is 0. The minimum Gasteiger partial charge on any atom is -0.383 e. The molecule has 126 valence electrons. The fourth-order valence-corrected chi connectivity index (χ4v) is 3.27. The Hall–Kier alpha value is -1.14. The molecule has 22 heavy (non-hydrogen) atoms. The lowest BCUT2D eigenvalue weighted by atomic mass is 9.97. The van der Waals surface area contributed by atoms with Crippen LogP contribution < -0.4 is 10.6 Å². The molecule has 0 aromatic heterocycles. The second-order valence-corrected chi connectivity index (χ2v) is 6.44. The molecule has 1 aliphatic carbocycles. The zero-order valence-electron chi connectivity index (χ0n) is 13.6. The number of carbonyl (C=O) groups is 2. The molecule has 2 aliphatic rings. The van der Waals surface area contributed by atoms with Crippen molar-refractivity contribution in [2.24, 2.45) is 5.92 Å². The summed E-state index contributed by atoms with van der Waals surface area (Å²) in [6, 6.07) is 0.197. The molecule has 0 radical (unpaired) electrons. The molecular formula is C16H29N3O3. The van der Waals surface area contributed by atoms with Gasteiger partial charge in [-0.05, 0) is 44.7 Å². The van der Waals surface area contributed by atoms with Crippen LogP contribution in [0.5, 0.6) is 0 Å². The van der Waals surface area contributed by atoms with Crippen LogP contribution >= 0.6 is 0 Å². The number of likely N-dealkylation sites (tertiary alicyclic amines) is 1. The van der Waals surface area contributed by atoms with E-state index in [0.29, 0.717) is 12.5 Å². The number of hydrogen-bond donors (Lipinski definition) is 2. The van der Waals surface area contributed by atoms with E-state index >= 15 is 0 Å². The van der Waals surface area contributed by atoms with E-state index in [0.717, 1.165) is 64.8 Å². The van der Waals surface area contributed by atoms with Crippen molar-refractivity contribution in [3.8, 4) is 0 Å². The van der Waals surface area contributed by atoms with Gasteiger partial charge in [0.1, 0.15) is 0 Å². The second-order valence-electron chi connectivity index (χ2n) is 6.44. The molecule has 2 rings (SSSR count). The number of nitrogens with zero attached hydrogens (tertiary/aromatic N) is 1. The summed E-state index contributed by atoms with van der Waals surface area (Å²) in [5.74, 6) is -0.472. The highest BCUT2D eigenvalue weighted by Gasteiger charge is 2.23. The molecule has 1 heterocycles. The third-order valence-electron chi connectivity index (χ3n) is 4.77. The van der Waals surface area contributed by atoms with E-state index < -0.39 is 11.8 Å². The number of methoxy groups -OCH3 is 1. The van der Waals surface area contributed by atoms with Gasteiger partial charge in [0.15, 0.2) is 0 Å². The van der Waals surface area contributed by atoms with Gasteiger partial charge in [-0.15, -0.1) is 0 Å². The number of piperidine rings is 1. The largest absolute Gasteiger partial charge is 0.383 e. The van der Waals surface area contributed by atoms with Crippen LogP contribution in [0.4, 0.5) is 0 Å². The summed E-state index contributed by atoms with van der Waals surface area (Å²) in [4.78, 5) is 26.0. The van der Waals surface area contributed by atoms with Crippen molar-refractivity contribution < 1.29 is 14.3 Å². The maximum Gasteiger partial charge on any atom is 0.309 e. The minimum absolute atomic E-state index is 0.197. The topological polar surface area (TPSA) is 70.7 Å². The van der Waals surface area contributed by atoms with Gasteiger partial charge < -0.3 is 20.3 Å². The normalized spacial score (nSPS) is 21.0. The van der Waals surface area contributed by atoms with Gasteiger partial charge in [-0.25, -0.2) is 0 Å². The van der Waals surface area contributed by atoms with Gasteiger partial charge in [-0.3, -0.25) is 9.59 Å². The molecule has 0 unspecified atom stereocenters. The van der Waals surface area contributed by atoms with Gasteiger partial charge in [0.25, 0.3) is 0 Å². The van der Waals surface area contributed by atoms with Gasteiger partial charge >= 0.3 is 11.8 Å². The first-order valence-corrected chi connectivity index (χ1v) is 8.49. The van der Waals surface area contributed by atoms with Gasteiger partial charge in [0.2, 0.25) is 0 Å². The molecule has 2 N–H and O–H groups in total. The van der Waals surface area contributed by atoms with E-state index in [9.17, 15) is 9.59 Å². The lowest BCUT2D eigenvalue weighted by Gasteiger charge is -2.31. The predicted molar refractivity (Wildman–Crippen MR) is 84.4 cm³/mol. The second kappa shape index (κ2) is 9.10. The smallest absolute Gasteiger partial charge is 0.309 e. The highest BCUT2D eigenvalue weighted by Crippen LogP contribution is 2.18. The Balaban J connectivity index is 1.59. The van der Waals surface area contributed by atoms with Crippen molar-refractivity contribution in [3.05, 3.63) is 0 Å². The van der Waals surface area contributed by atoms with Crippen LogP contribution in [0.2, 0.25) is 0 Å². The number of nitrogens with one attached hydrogen (secondary N) is 2. The minimum atomic E-state index is -0.478. The van der Waals surface area contributed by atoms with Gasteiger partial charge in [0.05, 0.1) is 6.61 Å². The monoisotopic (exact) mass is 311 g/mol. The van der Waals surface area contributed by atoms with Crippen molar-refractivity contribution >= 4 is 11.8 Å². The summed E-state index contributed by atoms with van der Waals surface area (Å²) >= 11 is 0. The average Bonchev–Trinajstić information content (AvgIpc) is 3.04. The first kappa shape index (κ1) is 17.2. The average molecular weight is 311 g/mol. The zero-order chi connectivity index (χ0) is 15.8. The molecule has 2 amide bonds. The lowest BCUT2D eigenvalue weighted by Crippen LogP contribution is -2.46. The molecule has 6 heteroatoms. The van der Waals surface area contributed by atoms with Crippen LogP contribution in [-0.4, -0.2) is 62.7 Å². The lowest BCUT2D eigenvalue weighted by molar-refractivity contribution is -0.139. The molecule has 2 fully saturated rings. The van der Waals surface area contributed by atoms with Crippen LogP contribution in [0.1, 0.15) is 38.5 Å². The number of amides is 2. The predicted octanol–water partition coefficient (Wildman–Crippen LogP) is 0.520. The van der Waals surface area contributed by atoms with Crippen LogP contribution in [-0.2, 0) is 14.3 Å². The number of rotatable bonds is 6. The Bertz CT molecular complexity index is 362. The summed E-state index contributed by atoms with van der Waals surface area (Å²) in [6.45, 7) is 4.42. The fraction of sp³-hybridized carbons (Fsp3) is 0.875. The quantitative estimate of drug-likeness (QED) is 0.702. The Morgan fingerprint density at radius 2 is 1.77 bits per heavy atom. The highest BCUT2D eigenvalue weighted by molar-refractivity contribution is 6.35. The molecule has 0 aromatic carbocycles. The third kappa shape index (κ3) is 5.57. The van der Waals surface area contributed by atoms with Gasteiger partial charge in [-0.2, -0.15) is 0 Å². The summed E-state index contributed by atoms with van der Waals surface area (Å²) in [7, 11) is 1.72. The van der Waals surface area contributed by atoms with E-state index in [-0.39, 0.29) is 6.04 Å². The molecular weight excluding hydrogens is 282 g/mol. The van der Waals surface area contributed by atoms with Crippen LogP contribution in [0.3, 0.4) is 0 Å². The summed E-state index contributed by atoms with van der Waals surface area (Å²) < 4.78 is 5.09. The molecule has 1 aliphatic heterocycles. The fourth-order valence-electron chi connectivity index (χ4n) is 3.27. The number of hydrogen-bond acceptors (Lipinski definition) is 4. The first-order valence-electron chi connectivity index (χ1n) is 8.49. The molecule has 0 bridgehead atoms. The summed E-state index contributed by atoms with van der Waals surface area (Å²) in [6.07, 6.45) is 6.42. The van der Waals surface area contributed by atoms with Crippen LogP contribution in [0, 0.1) is 5.92 Å². The molecule has 0 atom stereocenters. The van der Waals surface area contributed by atoms with Gasteiger partial charge in [-0.1, -0.05) is 12.8 Å². The van der Waals surface area contributed by atoms with Crippen LogP contribution in [0.15, 0.2) is 0 Å². The van der Waals surface area contributed by atoms with E-state index in [1.54, 1.807) is 7.11 Å². The Morgan fingerprint density at radius 3 is 2.41 bits per heavy atom. The van der Waals surface area contributed by atoms with E-state index in [1.165, 1.54) is 0 Å². The maximum atomic E-state index is 11.8. The van der Waals surface area contributed by atoms with Crippen molar-refractivity contribution in [3.63, 3.8) is 0 Å². The molecule has 1 saturated heterocycles. The molecule has 6 nitrogen and oxygen atoms in total. The maximum absolute atomic E-state index is 11.8. The summed E-state index contributed by atoms with van der Waals surface area (Å²) in [5, 5.41) is 5.61. The van der Waals surface area contributed by atoms with E-state index in [1.807, 2.05) is 0 Å². The van der Waals surface area contributed by atoms with Crippen LogP contribution in [0.25, 0.3) is 0 Å². The third-order valence-corrected chi connectivity index (χ3v) is 4.77. The van der Waals surface area contributed by atoms with E-state index in [2.05, 4.69) is 15.5 Å². The van der Waals surface area contributed by atoms with Crippen molar-refractivity contribution in [1.82, 2.24) is 15.5 Å². The van der Waals surface area contributed by atoms with Gasteiger partial charge in [0, 0.05) is 26.2 Å². The zero-order valence-corrected chi connectivity index (χ0v) is 13.6. The van der Waals surface area contributed by atoms with Crippen molar-refractivity contribution in [2.45, 2.75) is 44.6 Å². The molecule has 0 spiro atoms. The highest BCUT2D eigenvalue weighted by atomic mass is 16.5. The standard InChI is InChI=1S/C16H29N3O3/c1-22-11-10-19-8-6-13(7-9-19)12-17-15(20)16(21)18-14-4-2-3-5-14/h13-14H,2-12H2,1H3,(H,17,20)(H,18,21). The Kier molecular flexibility index (Phi) is 7.12. The SMILES string of the molecule is COCCN1CCC(CNC(=O)C(=O)NC2CCCC2)CC1. The Morgan fingerprint density at radius 1 is 1.09 bits per heavy atom. The first-order chi connectivity index (χ1) is 10.7. The number of carbonyl (C=O) groups excluding carboxylic acids is 2. The van der Waals surface area contributed by atoms with Crippen molar-refractivity contribution in [2.75, 3.05) is 39.9 Å². The molecule has 1 saturated carbocycles. The number of ether oxygens (including phenoxy) is 1. The Labute approximate surface area is 132 Å². The molecule has 0 aromatic rings. The van der Waals surface area contributed by atoms with E-state index in [4.69, 9.17) is 4.74 Å².